The zero-order valence-corrected chi connectivity index (χ0v) is 29.8. The van der Waals surface area contributed by atoms with Crippen LogP contribution in [0.2, 0.25) is 0 Å². The number of benzene rings is 4. The molecule has 3 atom stereocenters. The molecule has 0 fully saturated rings. The van der Waals surface area contributed by atoms with Gasteiger partial charge in [0.15, 0.2) is 15.9 Å². The lowest BCUT2D eigenvalue weighted by molar-refractivity contribution is -0.146. The number of methoxy groups -OCH3 is 1. The maximum absolute atomic E-state index is 14.3. The molecule has 0 bridgehead atoms. The van der Waals surface area contributed by atoms with E-state index < -0.39 is 39.3 Å². The summed E-state index contributed by atoms with van der Waals surface area (Å²) in [5.41, 5.74) is 2.03. The van der Waals surface area contributed by atoms with Crippen LogP contribution >= 0.6 is 15.9 Å². The van der Waals surface area contributed by atoms with Crippen molar-refractivity contribution in [2.24, 2.45) is 5.41 Å². The molecule has 1 aliphatic heterocycles. The van der Waals surface area contributed by atoms with Crippen LogP contribution in [0.4, 0.5) is 11.4 Å². The van der Waals surface area contributed by atoms with E-state index in [1.54, 1.807) is 54.6 Å². The molecule has 5 rings (SSSR count). The Morgan fingerprint density at radius 3 is 2.10 bits per heavy atom. The number of unbranched alkanes of at least 4 members (excludes halogenated alkanes) is 1. The van der Waals surface area contributed by atoms with Crippen LogP contribution in [0, 0.1) is 5.41 Å². The van der Waals surface area contributed by atoms with E-state index in [0.29, 0.717) is 34.3 Å². The minimum atomic E-state index is -3.80. The number of ether oxygens (including phenoxy) is 2. The lowest BCUT2D eigenvalue weighted by Crippen LogP contribution is -2.39. The first kappa shape index (κ1) is 35.2. The molecule has 0 aliphatic carbocycles. The summed E-state index contributed by atoms with van der Waals surface area (Å²) >= 11 is 3.65. The molecule has 48 heavy (non-hydrogen) atoms. The van der Waals surface area contributed by atoms with Gasteiger partial charge in [0.2, 0.25) is 6.10 Å². The van der Waals surface area contributed by atoms with Gasteiger partial charge in [0, 0.05) is 29.3 Å². The predicted octanol–water partition coefficient (Wildman–Crippen LogP) is 8.11. The molecule has 0 spiro atoms. The van der Waals surface area contributed by atoms with Crippen LogP contribution in [0.3, 0.4) is 0 Å². The van der Waals surface area contributed by atoms with Crippen LogP contribution in [0.25, 0.3) is 0 Å². The third kappa shape index (κ3) is 7.76. The molecule has 252 valence electrons. The third-order valence-electron chi connectivity index (χ3n) is 8.95. The number of amides is 1. The molecule has 1 aliphatic rings. The molecule has 1 heterocycles. The molecule has 0 radical (unpaired) electrons. The normalized spacial score (nSPS) is 18.1. The summed E-state index contributed by atoms with van der Waals surface area (Å²) in [5, 5.41) is 2.80. The van der Waals surface area contributed by atoms with Gasteiger partial charge in [-0.1, -0.05) is 106 Å². The highest BCUT2D eigenvalue weighted by molar-refractivity contribution is 9.10. The fourth-order valence-electron chi connectivity index (χ4n) is 6.24. The Bertz CT molecular complexity index is 1820. The number of hydrogen-bond donors (Lipinski definition) is 1. The van der Waals surface area contributed by atoms with E-state index in [1.165, 1.54) is 13.2 Å². The first-order chi connectivity index (χ1) is 23.1. The first-order valence-corrected chi connectivity index (χ1v) is 18.6. The van der Waals surface area contributed by atoms with Gasteiger partial charge in [0.25, 0.3) is 5.91 Å². The second-order valence-corrected chi connectivity index (χ2v) is 15.0. The summed E-state index contributed by atoms with van der Waals surface area (Å²) in [4.78, 5) is 29.1. The van der Waals surface area contributed by atoms with Crippen LogP contribution in [-0.4, -0.2) is 39.7 Å². The number of hydrogen-bond acceptors (Lipinski definition) is 7. The van der Waals surface area contributed by atoms with Crippen molar-refractivity contribution in [3.63, 3.8) is 0 Å². The molecule has 8 nitrogen and oxygen atoms in total. The Morgan fingerprint density at radius 2 is 1.52 bits per heavy atom. The summed E-state index contributed by atoms with van der Waals surface area (Å²) in [5.74, 6) is -1.06. The average Bonchev–Trinajstić information content (AvgIpc) is 3.20. The summed E-state index contributed by atoms with van der Waals surface area (Å²) in [7, 11) is -2.54. The third-order valence-corrected chi connectivity index (χ3v) is 11.6. The summed E-state index contributed by atoms with van der Waals surface area (Å²) in [6, 6.07) is 29.7. The van der Waals surface area contributed by atoms with Crippen molar-refractivity contribution in [2.75, 3.05) is 24.3 Å². The van der Waals surface area contributed by atoms with E-state index in [0.717, 1.165) is 24.9 Å². The zero-order valence-electron chi connectivity index (χ0n) is 27.4. The van der Waals surface area contributed by atoms with Gasteiger partial charge >= 0.3 is 5.97 Å². The Kier molecular flexibility index (Phi) is 11.3. The molecule has 2 unspecified atom stereocenters. The minimum absolute atomic E-state index is 0.00556. The molecule has 4 aromatic rings. The molecule has 0 saturated carbocycles. The SMILES string of the molecule is CCCCC1(CC)CN(c2ccccc2)c2cc(Br)c(OC(C(=O)N[C@@H](C(=O)OC)c3ccccc3)c3ccccc3)cc2S(=O)(=O)C1. The van der Waals surface area contributed by atoms with Crippen molar-refractivity contribution in [1.82, 2.24) is 5.32 Å². The highest BCUT2D eigenvalue weighted by Gasteiger charge is 2.42. The largest absolute Gasteiger partial charge is 0.475 e. The summed E-state index contributed by atoms with van der Waals surface area (Å²) in [6.45, 7) is 4.72. The molecule has 0 aromatic heterocycles. The molecule has 10 heteroatoms. The van der Waals surface area contributed by atoms with Crippen molar-refractivity contribution in [2.45, 2.75) is 56.6 Å². The topological polar surface area (TPSA) is 102 Å². The summed E-state index contributed by atoms with van der Waals surface area (Å²) < 4.78 is 40.6. The highest BCUT2D eigenvalue weighted by atomic mass is 79.9. The van der Waals surface area contributed by atoms with Gasteiger partial charge < -0.3 is 19.7 Å². The van der Waals surface area contributed by atoms with E-state index >= 15 is 0 Å². The number of esters is 1. The van der Waals surface area contributed by atoms with Crippen LogP contribution < -0.4 is 15.0 Å². The number of nitrogens with zero attached hydrogens (tertiary/aromatic N) is 1. The predicted molar refractivity (Wildman–Crippen MR) is 191 cm³/mol. The number of fused-ring (bicyclic) bond motifs is 1. The molecule has 0 saturated heterocycles. The smallest absolute Gasteiger partial charge is 0.333 e. The molecule has 1 N–H and O–H groups in total. The van der Waals surface area contributed by atoms with Gasteiger partial charge in [-0.25, -0.2) is 13.2 Å². The fourth-order valence-corrected chi connectivity index (χ4v) is 8.84. The second kappa shape index (κ2) is 15.4. The van der Waals surface area contributed by atoms with Gasteiger partial charge in [-0.3, -0.25) is 4.79 Å². The van der Waals surface area contributed by atoms with Crippen LogP contribution in [0.1, 0.15) is 62.8 Å². The fraction of sp³-hybridized carbons (Fsp3) is 0.316. The lowest BCUT2D eigenvalue weighted by Gasteiger charge is -2.36. The maximum Gasteiger partial charge on any atom is 0.333 e. The van der Waals surface area contributed by atoms with Crippen molar-refractivity contribution < 1.29 is 27.5 Å². The number of nitrogens with one attached hydrogen (secondary N) is 1. The van der Waals surface area contributed by atoms with Gasteiger partial charge in [0.1, 0.15) is 5.75 Å². The Morgan fingerprint density at radius 1 is 0.917 bits per heavy atom. The molecular formula is C38H41BrN2O6S. The molecule has 1 amide bonds. The Hall–Kier alpha value is -4.15. The zero-order chi connectivity index (χ0) is 34.3. The number of rotatable bonds is 12. The van der Waals surface area contributed by atoms with Gasteiger partial charge in [0.05, 0.1) is 27.9 Å². The number of para-hydroxylation sites is 1. The van der Waals surface area contributed by atoms with Gasteiger partial charge in [-0.2, -0.15) is 0 Å². The Labute approximate surface area is 291 Å². The van der Waals surface area contributed by atoms with E-state index in [4.69, 9.17) is 9.47 Å². The van der Waals surface area contributed by atoms with Crippen LogP contribution in [0.15, 0.2) is 112 Å². The highest BCUT2D eigenvalue weighted by Crippen LogP contribution is 2.47. The van der Waals surface area contributed by atoms with E-state index in [2.05, 4.69) is 40.0 Å². The maximum atomic E-state index is 14.3. The van der Waals surface area contributed by atoms with E-state index in [9.17, 15) is 18.0 Å². The number of anilines is 2. The van der Waals surface area contributed by atoms with Gasteiger partial charge in [-0.15, -0.1) is 0 Å². The number of carbonyl (C=O) groups is 2. The average molecular weight is 734 g/mol. The lowest BCUT2D eigenvalue weighted by atomic mass is 9.81. The van der Waals surface area contributed by atoms with Crippen molar-refractivity contribution in [1.29, 1.82) is 0 Å². The number of carbonyl (C=O) groups excluding carboxylic acids is 2. The van der Waals surface area contributed by atoms with E-state index in [-0.39, 0.29) is 16.4 Å². The van der Waals surface area contributed by atoms with E-state index in [1.807, 2.05) is 42.5 Å². The van der Waals surface area contributed by atoms with Crippen LogP contribution in [-0.2, 0) is 24.2 Å². The Balaban J connectivity index is 1.59. The molecular weight excluding hydrogens is 692 g/mol. The van der Waals surface area contributed by atoms with Gasteiger partial charge in [-0.05, 0) is 52.5 Å². The number of halogens is 1. The number of sulfone groups is 1. The quantitative estimate of drug-likeness (QED) is 0.147. The van der Waals surface area contributed by atoms with Crippen LogP contribution in [0.5, 0.6) is 5.75 Å². The monoisotopic (exact) mass is 732 g/mol. The van der Waals surface area contributed by atoms with Crippen molar-refractivity contribution in [3.05, 3.63) is 119 Å². The standard InChI is InChI=1S/C38H41BrN2O6S/c1-4-6-22-38(5-2)25-41(29-20-14-9-15-21-29)31-23-30(39)32(24-33(31)48(44,45)26-38)47-35(28-18-12-8-13-19-28)36(42)40-34(37(43)46-3)27-16-10-7-11-17-27/h7-21,23-24,34-35H,4-6,22,25-26H2,1-3H3,(H,40,42)/t34-,35?,38?/m1/s1. The minimum Gasteiger partial charge on any atom is -0.475 e. The molecule has 4 aromatic carbocycles. The van der Waals surface area contributed by atoms with Crippen molar-refractivity contribution >= 4 is 49.0 Å². The van der Waals surface area contributed by atoms with Crippen molar-refractivity contribution in [3.8, 4) is 5.75 Å². The summed E-state index contributed by atoms with van der Waals surface area (Å²) in [6.07, 6.45) is 2.14. The first-order valence-electron chi connectivity index (χ1n) is 16.1. The second-order valence-electron chi connectivity index (χ2n) is 12.2.